The Morgan fingerprint density at radius 3 is 2.96 bits per heavy atom. The van der Waals surface area contributed by atoms with Crippen molar-refractivity contribution in [3.8, 4) is 0 Å². The molecule has 1 aliphatic heterocycles. The van der Waals surface area contributed by atoms with E-state index in [1.54, 1.807) is 7.11 Å². The molecule has 26 heavy (non-hydrogen) atoms. The van der Waals surface area contributed by atoms with Gasteiger partial charge < -0.3 is 19.5 Å². The number of ether oxygens (including phenoxy) is 2. The van der Waals surface area contributed by atoms with E-state index < -0.39 is 0 Å². The van der Waals surface area contributed by atoms with Gasteiger partial charge in [0.25, 0.3) is 5.91 Å². The van der Waals surface area contributed by atoms with Crippen LogP contribution in [0.3, 0.4) is 0 Å². The van der Waals surface area contributed by atoms with Gasteiger partial charge in [-0.2, -0.15) is 0 Å². The first-order valence-corrected chi connectivity index (χ1v) is 9.87. The first-order valence-electron chi connectivity index (χ1n) is 9.87. The van der Waals surface area contributed by atoms with Crippen LogP contribution in [0.1, 0.15) is 53.6 Å². The lowest BCUT2D eigenvalue weighted by Gasteiger charge is -2.43. The van der Waals surface area contributed by atoms with Crippen molar-refractivity contribution < 1.29 is 19.4 Å². The van der Waals surface area contributed by atoms with Crippen LogP contribution in [-0.4, -0.2) is 60.5 Å². The van der Waals surface area contributed by atoms with Crippen LogP contribution in [0.2, 0.25) is 0 Å². The number of aliphatic hydroxyl groups is 1. The summed E-state index contributed by atoms with van der Waals surface area (Å²) in [6.07, 6.45) is 6.98. The molecule has 0 spiro atoms. The van der Waals surface area contributed by atoms with E-state index in [-0.39, 0.29) is 30.3 Å². The first-order chi connectivity index (χ1) is 12.7. The van der Waals surface area contributed by atoms with Gasteiger partial charge in [-0.15, -0.1) is 0 Å². The van der Waals surface area contributed by atoms with Gasteiger partial charge in [-0.25, -0.2) is 0 Å². The van der Waals surface area contributed by atoms with Crippen LogP contribution in [0.5, 0.6) is 0 Å². The van der Waals surface area contributed by atoms with Crippen molar-refractivity contribution in [2.45, 2.75) is 62.7 Å². The Kier molecular flexibility index (Phi) is 5.04. The fourth-order valence-electron chi connectivity index (χ4n) is 5.15. The Hall–Kier alpha value is -1.43. The summed E-state index contributed by atoms with van der Waals surface area (Å²) in [6, 6.07) is 6.26. The van der Waals surface area contributed by atoms with E-state index >= 15 is 0 Å². The maximum absolute atomic E-state index is 13.3. The Morgan fingerprint density at radius 1 is 1.31 bits per heavy atom. The molecule has 1 saturated carbocycles. The molecular weight excluding hydrogens is 330 g/mol. The first kappa shape index (κ1) is 18.0. The molecule has 1 amide bonds. The fourth-order valence-corrected chi connectivity index (χ4v) is 5.15. The van der Waals surface area contributed by atoms with Crippen molar-refractivity contribution in [1.29, 1.82) is 0 Å². The van der Waals surface area contributed by atoms with E-state index in [0.717, 1.165) is 50.6 Å². The molecule has 142 valence electrons. The van der Waals surface area contributed by atoms with Crippen molar-refractivity contribution in [3.05, 3.63) is 34.9 Å². The lowest BCUT2D eigenvalue weighted by molar-refractivity contribution is -0.0992. The average molecular weight is 359 g/mol. The second kappa shape index (κ2) is 7.29. The van der Waals surface area contributed by atoms with Crippen molar-refractivity contribution in [2.24, 2.45) is 0 Å². The SMILES string of the molecule is CO[C@]12CC[C@H](OCCO)C[C@H]1N(C(=O)c1ccc3c(c1)CCC3)CC2. The predicted molar refractivity (Wildman–Crippen MR) is 98.3 cm³/mol. The summed E-state index contributed by atoms with van der Waals surface area (Å²) in [5.74, 6) is 0.117. The highest BCUT2D eigenvalue weighted by molar-refractivity contribution is 5.95. The van der Waals surface area contributed by atoms with Gasteiger partial charge in [0.1, 0.15) is 0 Å². The summed E-state index contributed by atoms with van der Waals surface area (Å²) < 4.78 is 11.7. The molecule has 0 aromatic heterocycles. The molecule has 2 fully saturated rings. The molecule has 3 aliphatic rings. The maximum Gasteiger partial charge on any atom is 0.254 e. The Morgan fingerprint density at radius 2 is 2.15 bits per heavy atom. The molecule has 5 nitrogen and oxygen atoms in total. The number of likely N-dealkylation sites (tertiary alicyclic amines) is 1. The molecule has 1 aromatic rings. The Labute approximate surface area is 155 Å². The Balaban J connectivity index is 1.54. The van der Waals surface area contributed by atoms with E-state index in [0.29, 0.717) is 6.61 Å². The van der Waals surface area contributed by atoms with Crippen molar-refractivity contribution in [3.63, 3.8) is 0 Å². The number of hydrogen-bond donors (Lipinski definition) is 1. The smallest absolute Gasteiger partial charge is 0.254 e. The van der Waals surface area contributed by atoms with Gasteiger partial charge in [0.15, 0.2) is 0 Å². The fraction of sp³-hybridized carbons (Fsp3) is 0.667. The molecule has 0 radical (unpaired) electrons. The van der Waals surface area contributed by atoms with E-state index in [2.05, 4.69) is 12.1 Å². The minimum atomic E-state index is -0.245. The van der Waals surface area contributed by atoms with E-state index in [1.807, 2.05) is 11.0 Å². The van der Waals surface area contributed by atoms with Crippen molar-refractivity contribution >= 4 is 5.91 Å². The molecule has 3 atom stereocenters. The number of aryl methyl sites for hydroxylation is 2. The number of hydrogen-bond acceptors (Lipinski definition) is 4. The van der Waals surface area contributed by atoms with Crippen LogP contribution in [0.4, 0.5) is 0 Å². The summed E-state index contributed by atoms with van der Waals surface area (Å²) in [5.41, 5.74) is 3.28. The van der Waals surface area contributed by atoms with E-state index in [4.69, 9.17) is 14.6 Å². The number of aliphatic hydroxyl groups excluding tert-OH is 1. The minimum Gasteiger partial charge on any atom is -0.394 e. The van der Waals surface area contributed by atoms with Crippen LogP contribution in [0, 0.1) is 0 Å². The lowest BCUT2D eigenvalue weighted by Crippen LogP contribution is -2.53. The van der Waals surface area contributed by atoms with Crippen LogP contribution < -0.4 is 0 Å². The molecule has 1 saturated heterocycles. The van der Waals surface area contributed by atoms with Gasteiger partial charge in [0.2, 0.25) is 0 Å². The van der Waals surface area contributed by atoms with Crippen LogP contribution in [0.15, 0.2) is 18.2 Å². The standard InChI is InChI=1S/C21H29NO4/c1-25-21-8-7-18(26-12-11-23)14-19(21)22(10-9-21)20(24)17-6-5-15-3-2-4-16(15)13-17/h5-6,13,18-19,23H,2-4,7-12,14H2,1H3/t18-,19+,21-/m0/s1. The van der Waals surface area contributed by atoms with Gasteiger partial charge in [0.05, 0.1) is 31.0 Å². The zero-order valence-corrected chi connectivity index (χ0v) is 15.6. The van der Waals surface area contributed by atoms with Crippen molar-refractivity contribution in [2.75, 3.05) is 26.9 Å². The number of rotatable bonds is 5. The quantitative estimate of drug-likeness (QED) is 0.877. The molecule has 1 N–H and O–H groups in total. The zero-order valence-electron chi connectivity index (χ0n) is 15.6. The van der Waals surface area contributed by atoms with E-state index in [9.17, 15) is 4.79 Å². The third kappa shape index (κ3) is 3.06. The monoisotopic (exact) mass is 359 g/mol. The summed E-state index contributed by atoms with van der Waals surface area (Å²) in [7, 11) is 1.77. The molecule has 4 rings (SSSR count). The topological polar surface area (TPSA) is 59.0 Å². The number of amides is 1. The molecule has 1 heterocycles. The highest BCUT2D eigenvalue weighted by atomic mass is 16.5. The minimum absolute atomic E-state index is 0.0361. The summed E-state index contributed by atoms with van der Waals surface area (Å²) in [6.45, 7) is 1.13. The third-order valence-corrected chi connectivity index (χ3v) is 6.59. The molecule has 0 bridgehead atoms. The number of carbonyl (C=O) groups is 1. The highest BCUT2D eigenvalue weighted by Gasteiger charge is 2.52. The van der Waals surface area contributed by atoms with Gasteiger partial charge >= 0.3 is 0 Å². The zero-order chi connectivity index (χ0) is 18.1. The van der Waals surface area contributed by atoms with Crippen LogP contribution in [-0.2, 0) is 22.3 Å². The highest BCUT2D eigenvalue weighted by Crippen LogP contribution is 2.43. The molecule has 2 aliphatic carbocycles. The molecule has 1 aromatic carbocycles. The molecular formula is C21H29NO4. The molecule has 0 unspecified atom stereocenters. The number of benzene rings is 1. The summed E-state index contributed by atoms with van der Waals surface area (Å²) >= 11 is 0. The van der Waals surface area contributed by atoms with Gasteiger partial charge in [-0.1, -0.05) is 6.07 Å². The number of carbonyl (C=O) groups excluding carboxylic acids is 1. The lowest BCUT2D eigenvalue weighted by atomic mass is 9.79. The second-order valence-electron chi connectivity index (χ2n) is 7.86. The maximum atomic E-state index is 13.3. The average Bonchev–Trinajstić information content (AvgIpc) is 3.29. The predicted octanol–water partition coefficient (Wildman–Crippen LogP) is 2.34. The van der Waals surface area contributed by atoms with E-state index in [1.165, 1.54) is 17.5 Å². The van der Waals surface area contributed by atoms with Gasteiger partial charge in [-0.05, 0) is 68.2 Å². The van der Waals surface area contributed by atoms with Gasteiger partial charge in [0, 0.05) is 19.2 Å². The summed E-state index contributed by atoms with van der Waals surface area (Å²) in [4.78, 5) is 15.3. The third-order valence-electron chi connectivity index (χ3n) is 6.59. The number of methoxy groups -OCH3 is 1. The van der Waals surface area contributed by atoms with Crippen LogP contribution in [0.25, 0.3) is 0 Å². The van der Waals surface area contributed by atoms with Crippen LogP contribution >= 0.6 is 0 Å². The second-order valence-corrected chi connectivity index (χ2v) is 7.86. The largest absolute Gasteiger partial charge is 0.394 e. The normalized spacial score (nSPS) is 30.3. The number of fused-ring (bicyclic) bond motifs is 2. The summed E-state index contributed by atoms with van der Waals surface area (Å²) in [5, 5.41) is 9.03. The molecule has 5 heteroatoms. The number of nitrogens with zero attached hydrogens (tertiary/aromatic N) is 1. The van der Waals surface area contributed by atoms with Crippen molar-refractivity contribution in [1.82, 2.24) is 4.90 Å². The Bertz CT molecular complexity index is 676. The van der Waals surface area contributed by atoms with Gasteiger partial charge in [-0.3, -0.25) is 4.79 Å².